The van der Waals surface area contributed by atoms with Gasteiger partial charge in [-0.2, -0.15) is 0 Å². The molecule has 0 aromatic heterocycles. The molecule has 2 N–H and O–H groups in total. The normalized spacial score (nSPS) is 10.8. The molecule has 20 heavy (non-hydrogen) atoms. The van der Waals surface area contributed by atoms with Crippen LogP contribution >= 0.6 is 0 Å². The average molecular weight is 278 g/mol. The van der Waals surface area contributed by atoms with Gasteiger partial charge in [0.25, 0.3) is 0 Å². The number of hydrogen-bond acceptors (Lipinski definition) is 3. The van der Waals surface area contributed by atoms with Gasteiger partial charge in [-0.15, -0.1) is 0 Å². The lowest BCUT2D eigenvalue weighted by Gasteiger charge is -2.19. The van der Waals surface area contributed by atoms with Crippen molar-refractivity contribution < 1.29 is 14.3 Å². The van der Waals surface area contributed by atoms with Gasteiger partial charge in [-0.05, 0) is 30.5 Å². The Morgan fingerprint density at radius 2 is 1.95 bits per heavy atom. The molecule has 0 aliphatic rings. The molecule has 0 aliphatic carbocycles. The molecule has 0 fully saturated rings. The fraction of sp³-hybridized carbons (Fsp3) is 0.467. The zero-order valence-electron chi connectivity index (χ0n) is 12.4. The second-order valence-corrected chi connectivity index (χ2v) is 5.67. The molecule has 5 nitrogen and oxygen atoms in total. The van der Waals surface area contributed by atoms with E-state index in [1.54, 1.807) is 31.2 Å². The lowest BCUT2D eigenvalue weighted by atomic mass is 9.97. The van der Waals surface area contributed by atoms with Crippen LogP contribution in [0.25, 0.3) is 0 Å². The molecule has 2 amide bonds. The first-order valence-electron chi connectivity index (χ1n) is 6.64. The van der Waals surface area contributed by atoms with Crippen molar-refractivity contribution in [3.05, 3.63) is 29.8 Å². The van der Waals surface area contributed by atoms with E-state index in [-0.39, 0.29) is 11.4 Å². The first-order chi connectivity index (χ1) is 9.31. The smallest absolute Gasteiger partial charge is 0.338 e. The molecule has 0 aliphatic heterocycles. The summed E-state index contributed by atoms with van der Waals surface area (Å²) >= 11 is 0. The fourth-order valence-electron chi connectivity index (χ4n) is 1.46. The van der Waals surface area contributed by atoms with Gasteiger partial charge < -0.3 is 15.4 Å². The maximum Gasteiger partial charge on any atom is 0.338 e. The molecule has 110 valence electrons. The molecule has 5 heteroatoms. The van der Waals surface area contributed by atoms with Gasteiger partial charge in [0.05, 0.1) is 12.2 Å². The number of carbonyl (C=O) groups excluding carboxylic acids is 2. The maximum absolute atomic E-state index is 11.7. The molecule has 1 aromatic rings. The van der Waals surface area contributed by atoms with E-state index in [1.807, 2.05) is 20.8 Å². The van der Waals surface area contributed by atoms with Crippen LogP contribution in [0.1, 0.15) is 38.1 Å². The highest BCUT2D eigenvalue weighted by Gasteiger charge is 2.12. The van der Waals surface area contributed by atoms with Gasteiger partial charge in [0.1, 0.15) is 0 Å². The number of benzene rings is 1. The molecule has 0 atom stereocenters. The third kappa shape index (κ3) is 5.73. The number of nitrogens with one attached hydrogen (secondary N) is 2. The quantitative estimate of drug-likeness (QED) is 0.832. The highest BCUT2D eigenvalue weighted by Crippen LogP contribution is 2.13. The highest BCUT2D eigenvalue weighted by atomic mass is 16.5. The second kappa shape index (κ2) is 6.93. The van der Waals surface area contributed by atoms with Crippen molar-refractivity contribution in [2.45, 2.75) is 27.7 Å². The number of esters is 1. The zero-order valence-corrected chi connectivity index (χ0v) is 12.4. The summed E-state index contributed by atoms with van der Waals surface area (Å²) in [6.07, 6.45) is 0. The SMILES string of the molecule is CCOC(=O)c1cccc(NC(=O)NCC(C)(C)C)c1. The van der Waals surface area contributed by atoms with Crippen molar-refractivity contribution in [1.82, 2.24) is 5.32 Å². The van der Waals surface area contributed by atoms with Gasteiger partial charge in [0, 0.05) is 12.2 Å². The van der Waals surface area contributed by atoms with Crippen molar-refractivity contribution in [3.63, 3.8) is 0 Å². The Hall–Kier alpha value is -2.04. The maximum atomic E-state index is 11.7. The van der Waals surface area contributed by atoms with Crippen LogP contribution in [-0.4, -0.2) is 25.2 Å². The van der Waals surface area contributed by atoms with Gasteiger partial charge in [-0.1, -0.05) is 26.8 Å². The van der Waals surface area contributed by atoms with E-state index in [0.29, 0.717) is 24.4 Å². The minimum Gasteiger partial charge on any atom is -0.462 e. The molecule has 0 radical (unpaired) electrons. The summed E-state index contributed by atoms with van der Waals surface area (Å²) in [5.41, 5.74) is 0.992. The second-order valence-electron chi connectivity index (χ2n) is 5.67. The van der Waals surface area contributed by atoms with E-state index in [4.69, 9.17) is 4.74 Å². The van der Waals surface area contributed by atoms with Crippen molar-refractivity contribution >= 4 is 17.7 Å². The van der Waals surface area contributed by atoms with Crippen LogP contribution in [0.4, 0.5) is 10.5 Å². The minimum absolute atomic E-state index is 0.0180. The molecule has 0 saturated carbocycles. The lowest BCUT2D eigenvalue weighted by Crippen LogP contribution is -2.35. The number of anilines is 1. The molecule has 0 bridgehead atoms. The number of ether oxygens (including phenoxy) is 1. The highest BCUT2D eigenvalue weighted by molar-refractivity contribution is 5.93. The average Bonchev–Trinajstić information content (AvgIpc) is 2.36. The van der Waals surface area contributed by atoms with Gasteiger partial charge in [-0.3, -0.25) is 0 Å². The Bertz CT molecular complexity index is 478. The summed E-state index contributed by atoms with van der Waals surface area (Å²) in [6, 6.07) is 6.37. The molecular weight excluding hydrogens is 256 g/mol. The van der Waals surface area contributed by atoms with Crippen LogP contribution in [0.5, 0.6) is 0 Å². The first-order valence-corrected chi connectivity index (χ1v) is 6.64. The van der Waals surface area contributed by atoms with Crippen LogP contribution in [0.2, 0.25) is 0 Å². The number of rotatable bonds is 4. The van der Waals surface area contributed by atoms with E-state index in [1.165, 1.54) is 0 Å². The molecular formula is C15H22N2O3. The Morgan fingerprint density at radius 1 is 1.25 bits per heavy atom. The summed E-state index contributed by atoms with van der Waals surface area (Å²) in [7, 11) is 0. The Kier molecular flexibility index (Phi) is 5.55. The molecule has 0 heterocycles. The molecule has 0 saturated heterocycles. The number of hydrogen-bond donors (Lipinski definition) is 2. The summed E-state index contributed by atoms with van der Waals surface area (Å²) in [4.78, 5) is 23.3. The van der Waals surface area contributed by atoms with Crippen molar-refractivity contribution in [3.8, 4) is 0 Å². The van der Waals surface area contributed by atoms with E-state index in [9.17, 15) is 9.59 Å². The van der Waals surface area contributed by atoms with E-state index in [2.05, 4.69) is 10.6 Å². The van der Waals surface area contributed by atoms with Crippen LogP contribution < -0.4 is 10.6 Å². The minimum atomic E-state index is -0.397. The largest absolute Gasteiger partial charge is 0.462 e. The Morgan fingerprint density at radius 3 is 2.55 bits per heavy atom. The Labute approximate surface area is 119 Å². The van der Waals surface area contributed by atoms with Gasteiger partial charge in [0.15, 0.2) is 0 Å². The Balaban J connectivity index is 2.62. The van der Waals surface area contributed by atoms with Crippen LogP contribution in [-0.2, 0) is 4.74 Å². The molecule has 1 rings (SSSR count). The number of amides is 2. The zero-order chi connectivity index (χ0) is 15.2. The fourth-order valence-corrected chi connectivity index (χ4v) is 1.46. The standard InChI is InChI=1S/C15H22N2O3/c1-5-20-13(18)11-7-6-8-12(9-11)17-14(19)16-10-15(2,3)4/h6-9H,5,10H2,1-4H3,(H2,16,17,19). The monoisotopic (exact) mass is 278 g/mol. The van der Waals surface area contributed by atoms with Crippen molar-refractivity contribution in [2.24, 2.45) is 5.41 Å². The summed E-state index contributed by atoms with van der Waals surface area (Å²) < 4.78 is 4.91. The summed E-state index contributed by atoms with van der Waals surface area (Å²) in [6.45, 7) is 8.75. The van der Waals surface area contributed by atoms with Crippen LogP contribution in [0.15, 0.2) is 24.3 Å². The number of urea groups is 1. The van der Waals surface area contributed by atoms with Crippen molar-refractivity contribution in [2.75, 3.05) is 18.5 Å². The van der Waals surface area contributed by atoms with E-state index >= 15 is 0 Å². The third-order valence-corrected chi connectivity index (χ3v) is 2.41. The molecule has 0 unspecified atom stereocenters. The van der Waals surface area contributed by atoms with Gasteiger partial charge in [-0.25, -0.2) is 9.59 Å². The van der Waals surface area contributed by atoms with Gasteiger partial charge >= 0.3 is 12.0 Å². The van der Waals surface area contributed by atoms with E-state index in [0.717, 1.165) is 0 Å². The predicted molar refractivity (Wildman–Crippen MR) is 78.9 cm³/mol. The molecule has 0 spiro atoms. The predicted octanol–water partition coefficient (Wildman–Crippen LogP) is 3.03. The lowest BCUT2D eigenvalue weighted by molar-refractivity contribution is 0.0526. The number of carbonyl (C=O) groups is 2. The third-order valence-electron chi connectivity index (χ3n) is 2.41. The van der Waals surface area contributed by atoms with E-state index < -0.39 is 5.97 Å². The molecule has 1 aromatic carbocycles. The van der Waals surface area contributed by atoms with Gasteiger partial charge in [0.2, 0.25) is 0 Å². The van der Waals surface area contributed by atoms with Crippen LogP contribution in [0.3, 0.4) is 0 Å². The summed E-state index contributed by atoms with van der Waals surface area (Å²) in [5, 5.41) is 5.47. The van der Waals surface area contributed by atoms with Crippen molar-refractivity contribution in [1.29, 1.82) is 0 Å². The topological polar surface area (TPSA) is 67.4 Å². The first kappa shape index (κ1) is 16.0. The summed E-state index contributed by atoms with van der Waals surface area (Å²) in [5.74, 6) is -0.397. The van der Waals surface area contributed by atoms with Crippen LogP contribution in [0, 0.1) is 5.41 Å².